The van der Waals surface area contributed by atoms with Crippen molar-refractivity contribution in [3.8, 4) is 0 Å². The molecule has 1 saturated heterocycles. The van der Waals surface area contributed by atoms with Gasteiger partial charge in [-0.05, 0) is 0 Å². The minimum atomic E-state index is 0.686. The summed E-state index contributed by atoms with van der Waals surface area (Å²) >= 11 is 0. The highest BCUT2D eigenvalue weighted by molar-refractivity contribution is 4.94. The first-order valence-corrected chi connectivity index (χ1v) is 4.82. The van der Waals surface area contributed by atoms with Crippen molar-refractivity contribution in [1.82, 2.24) is 10.2 Å². The van der Waals surface area contributed by atoms with E-state index in [9.17, 15) is 0 Å². The molecule has 0 saturated carbocycles. The summed E-state index contributed by atoms with van der Waals surface area (Å²) in [7, 11) is 0. The molecule has 0 atom stereocenters. The van der Waals surface area contributed by atoms with Gasteiger partial charge in [-0.2, -0.15) is 0 Å². The Morgan fingerprint density at radius 2 is 2.15 bits per heavy atom. The average molecular weight is 184 g/mol. The monoisotopic (exact) mass is 184 g/mol. The van der Waals surface area contributed by atoms with Crippen molar-refractivity contribution in [2.45, 2.75) is 0 Å². The number of nitrogens with one attached hydrogen (secondary N) is 1. The Morgan fingerprint density at radius 3 is 2.85 bits per heavy atom. The van der Waals surface area contributed by atoms with Crippen molar-refractivity contribution in [3.05, 3.63) is 12.0 Å². The summed E-state index contributed by atoms with van der Waals surface area (Å²) in [6.45, 7) is 6.62. The maximum atomic E-state index is 5.45. The quantitative estimate of drug-likeness (QED) is 0.643. The van der Waals surface area contributed by atoms with Gasteiger partial charge in [-0.3, -0.25) is 4.90 Å². The lowest BCUT2D eigenvalue weighted by molar-refractivity contribution is 0.0677. The molecule has 0 aliphatic carbocycles. The Morgan fingerprint density at radius 1 is 1.31 bits per heavy atom. The van der Waals surface area contributed by atoms with E-state index in [2.05, 4.69) is 10.2 Å². The Bertz CT molecular complexity index is 188. The zero-order chi connectivity index (χ0) is 8.93. The van der Waals surface area contributed by atoms with Crippen LogP contribution in [0.2, 0.25) is 0 Å². The molecule has 0 unspecified atom stereocenters. The highest BCUT2D eigenvalue weighted by Crippen LogP contribution is 2.06. The first-order chi connectivity index (χ1) is 6.45. The fraction of sp³-hybridized carbons (Fsp3) is 0.778. The lowest BCUT2D eigenvalue weighted by atomic mass is 10.3. The van der Waals surface area contributed by atoms with Crippen molar-refractivity contribution >= 4 is 0 Å². The van der Waals surface area contributed by atoms with Gasteiger partial charge >= 0.3 is 0 Å². The Balaban J connectivity index is 1.78. The number of rotatable bonds is 2. The molecule has 2 rings (SSSR count). The van der Waals surface area contributed by atoms with Gasteiger partial charge in [0.25, 0.3) is 0 Å². The minimum Gasteiger partial charge on any atom is -0.494 e. The normalized spacial score (nSPS) is 24.5. The van der Waals surface area contributed by atoms with E-state index >= 15 is 0 Å². The van der Waals surface area contributed by atoms with Gasteiger partial charge in [-0.1, -0.05) is 0 Å². The smallest absolute Gasteiger partial charge is 0.144 e. The van der Waals surface area contributed by atoms with Gasteiger partial charge in [0, 0.05) is 26.2 Å². The molecular weight excluding hydrogens is 168 g/mol. The second-order valence-electron chi connectivity index (χ2n) is 3.33. The van der Waals surface area contributed by atoms with Crippen molar-refractivity contribution in [3.63, 3.8) is 0 Å². The van der Waals surface area contributed by atoms with Crippen LogP contribution in [0.25, 0.3) is 0 Å². The highest BCUT2D eigenvalue weighted by atomic mass is 16.6. The van der Waals surface area contributed by atoms with Crippen molar-refractivity contribution in [2.75, 3.05) is 45.9 Å². The zero-order valence-corrected chi connectivity index (χ0v) is 7.79. The molecule has 0 bridgehead atoms. The van der Waals surface area contributed by atoms with Crippen LogP contribution in [-0.2, 0) is 9.47 Å². The van der Waals surface area contributed by atoms with E-state index in [1.54, 1.807) is 6.26 Å². The molecule has 0 aromatic heterocycles. The van der Waals surface area contributed by atoms with Crippen LogP contribution in [0.3, 0.4) is 0 Å². The van der Waals surface area contributed by atoms with Crippen LogP contribution in [0.5, 0.6) is 0 Å². The molecule has 74 valence electrons. The van der Waals surface area contributed by atoms with Crippen LogP contribution in [-0.4, -0.2) is 50.8 Å². The van der Waals surface area contributed by atoms with Gasteiger partial charge in [0.05, 0.1) is 6.54 Å². The maximum absolute atomic E-state index is 5.45. The number of hydrogen-bond donors (Lipinski definition) is 1. The SMILES string of the molecule is C1=C(CN2CCNCC2)OCCO1. The van der Waals surface area contributed by atoms with E-state index in [1.165, 1.54) is 0 Å². The van der Waals surface area contributed by atoms with Crippen LogP contribution in [0, 0.1) is 0 Å². The number of piperazine rings is 1. The summed E-state index contributed by atoms with van der Waals surface area (Å²) < 4.78 is 10.6. The third-order valence-corrected chi connectivity index (χ3v) is 2.29. The molecule has 0 aromatic carbocycles. The second kappa shape index (κ2) is 4.48. The van der Waals surface area contributed by atoms with Gasteiger partial charge < -0.3 is 14.8 Å². The predicted molar refractivity (Wildman–Crippen MR) is 49.3 cm³/mol. The topological polar surface area (TPSA) is 33.7 Å². The summed E-state index contributed by atoms with van der Waals surface area (Å²) in [5.74, 6) is 0.966. The second-order valence-corrected chi connectivity index (χ2v) is 3.33. The molecule has 2 aliphatic heterocycles. The van der Waals surface area contributed by atoms with E-state index in [1.807, 2.05) is 0 Å². The van der Waals surface area contributed by atoms with Crippen molar-refractivity contribution in [1.29, 1.82) is 0 Å². The molecule has 2 aliphatic rings. The van der Waals surface area contributed by atoms with Gasteiger partial charge in [0.2, 0.25) is 0 Å². The van der Waals surface area contributed by atoms with E-state index in [0.717, 1.165) is 38.5 Å². The summed E-state index contributed by atoms with van der Waals surface area (Å²) in [5, 5.41) is 3.32. The molecule has 0 amide bonds. The molecule has 0 radical (unpaired) electrons. The van der Waals surface area contributed by atoms with E-state index in [0.29, 0.717) is 13.2 Å². The van der Waals surface area contributed by atoms with Crippen LogP contribution in [0.1, 0.15) is 0 Å². The average Bonchev–Trinajstić information content (AvgIpc) is 2.21. The predicted octanol–water partition coefficient (Wildman–Crippen LogP) is -0.220. The number of hydrogen-bond acceptors (Lipinski definition) is 4. The molecule has 1 fully saturated rings. The highest BCUT2D eigenvalue weighted by Gasteiger charge is 2.13. The van der Waals surface area contributed by atoms with E-state index in [-0.39, 0.29) is 0 Å². The molecule has 2 heterocycles. The van der Waals surface area contributed by atoms with Crippen molar-refractivity contribution < 1.29 is 9.47 Å². The third-order valence-electron chi connectivity index (χ3n) is 2.29. The maximum Gasteiger partial charge on any atom is 0.144 e. The minimum absolute atomic E-state index is 0.686. The van der Waals surface area contributed by atoms with E-state index in [4.69, 9.17) is 9.47 Å². The van der Waals surface area contributed by atoms with Crippen LogP contribution >= 0.6 is 0 Å². The van der Waals surface area contributed by atoms with E-state index < -0.39 is 0 Å². The molecule has 4 nitrogen and oxygen atoms in total. The fourth-order valence-electron chi connectivity index (χ4n) is 1.58. The number of ether oxygens (including phenoxy) is 2. The summed E-state index contributed by atoms with van der Waals surface area (Å²) in [5.41, 5.74) is 0. The van der Waals surface area contributed by atoms with Crippen LogP contribution in [0.15, 0.2) is 12.0 Å². The Kier molecular flexibility index (Phi) is 3.05. The van der Waals surface area contributed by atoms with Crippen molar-refractivity contribution in [2.24, 2.45) is 0 Å². The summed E-state index contributed by atoms with van der Waals surface area (Å²) in [6, 6.07) is 0. The van der Waals surface area contributed by atoms with Gasteiger partial charge in [0.15, 0.2) is 0 Å². The fourth-order valence-corrected chi connectivity index (χ4v) is 1.58. The third kappa shape index (κ3) is 2.60. The first kappa shape index (κ1) is 8.84. The summed E-state index contributed by atoms with van der Waals surface area (Å²) in [4.78, 5) is 2.37. The molecule has 1 N–H and O–H groups in total. The van der Waals surface area contributed by atoms with Gasteiger partial charge in [0.1, 0.15) is 25.2 Å². The molecular formula is C9H16N2O2. The lowest BCUT2D eigenvalue weighted by Crippen LogP contribution is -2.44. The Hall–Kier alpha value is -0.740. The molecule has 4 heteroatoms. The number of nitrogens with zero attached hydrogens (tertiary/aromatic N) is 1. The Labute approximate surface area is 78.5 Å². The first-order valence-electron chi connectivity index (χ1n) is 4.82. The standard InChI is InChI=1S/C9H16N2O2/c1-3-11(4-2-10-1)7-9-8-12-5-6-13-9/h8,10H,1-7H2. The lowest BCUT2D eigenvalue weighted by Gasteiger charge is -2.28. The molecule has 13 heavy (non-hydrogen) atoms. The van der Waals surface area contributed by atoms with Crippen LogP contribution in [0.4, 0.5) is 0 Å². The van der Waals surface area contributed by atoms with Gasteiger partial charge in [-0.15, -0.1) is 0 Å². The zero-order valence-electron chi connectivity index (χ0n) is 7.79. The molecule has 0 aromatic rings. The van der Waals surface area contributed by atoms with Crippen LogP contribution < -0.4 is 5.32 Å². The largest absolute Gasteiger partial charge is 0.494 e. The van der Waals surface area contributed by atoms with Gasteiger partial charge in [-0.25, -0.2) is 0 Å². The molecule has 0 spiro atoms. The summed E-state index contributed by atoms with van der Waals surface area (Å²) in [6.07, 6.45) is 1.74.